The van der Waals surface area contributed by atoms with E-state index in [0.29, 0.717) is 17.8 Å². The lowest BCUT2D eigenvalue weighted by molar-refractivity contribution is -0.390. The summed E-state index contributed by atoms with van der Waals surface area (Å²) in [6.07, 6.45) is 2.96. The first-order valence-corrected chi connectivity index (χ1v) is 7.70. The molecule has 0 bridgehead atoms. The maximum absolute atomic E-state index is 13.2. The van der Waals surface area contributed by atoms with Gasteiger partial charge in [-0.05, 0) is 38.5 Å². The van der Waals surface area contributed by atoms with Crippen LogP contribution in [0.1, 0.15) is 16.1 Å². The number of hydrogen-bond donors (Lipinski definition) is 2. The van der Waals surface area contributed by atoms with E-state index in [1.165, 1.54) is 23.0 Å². The van der Waals surface area contributed by atoms with Crippen molar-refractivity contribution in [1.82, 2.24) is 20.0 Å². The Morgan fingerprint density at radius 2 is 2.28 bits per heavy atom. The predicted molar refractivity (Wildman–Crippen MR) is 88.6 cm³/mol. The fourth-order valence-electron chi connectivity index (χ4n) is 2.12. The van der Waals surface area contributed by atoms with E-state index in [9.17, 15) is 19.3 Å². The van der Waals surface area contributed by atoms with Gasteiger partial charge in [0.25, 0.3) is 5.91 Å². The molecule has 1 amide bonds. The molecule has 3 aromatic rings. The topological polar surface area (TPSA) is 119 Å². The second-order valence-corrected chi connectivity index (χ2v) is 5.80. The van der Waals surface area contributed by atoms with E-state index >= 15 is 0 Å². The number of nitrogens with one attached hydrogen (secondary N) is 2. The van der Waals surface area contributed by atoms with Crippen LogP contribution in [0.4, 0.5) is 15.9 Å². The normalized spacial score (nSPS) is 10.6. The standard InChI is InChI=1S/C14H10BrFN6O3/c15-11-12(19-20-13(11)22(24)25)14(23)18-10-5-17-21(7-10)6-8-2-1-3-9(16)4-8/h1-5,7H,6H2,(H,18,23)(H,19,20). The van der Waals surface area contributed by atoms with E-state index < -0.39 is 16.6 Å². The molecule has 0 fully saturated rings. The molecule has 1 aromatic carbocycles. The lowest BCUT2D eigenvalue weighted by Gasteiger charge is -2.02. The Labute approximate surface area is 148 Å². The summed E-state index contributed by atoms with van der Waals surface area (Å²) in [7, 11) is 0. The molecule has 0 saturated heterocycles. The van der Waals surface area contributed by atoms with Gasteiger partial charge in [0, 0.05) is 6.20 Å². The second kappa shape index (κ2) is 6.81. The highest BCUT2D eigenvalue weighted by Gasteiger charge is 2.24. The largest absolute Gasteiger partial charge is 0.358 e. The number of nitrogens with zero attached hydrogens (tertiary/aromatic N) is 4. The SMILES string of the molecule is O=C(Nc1cnn(Cc2cccc(F)c2)c1)c1n[nH]c([N+](=O)[O-])c1Br. The minimum atomic E-state index is -0.690. The molecule has 2 heterocycles. The van der Waals surface area contributed by atoms with Crippen LogP contribution < -0.4 is 5.32 Å². The van der Waals surface area contributed by atoms with E-state index in [4.69, 9.17) is 0 Å². The van der Waals surface area contributed by atoms with Gasteiger partial charge in [-0.2, -0.15) is 5.10 Å². The number of amides is 1. The van der Waals surface area contributed by atoms with Crippen LogP contribution in [0.5, 0.6) is 0 Å². The van der Waals surface area contributed by atoms with Crippen LogP contribution in [-0.2, 0) is 6.54 Å². The van der Waals surface area contributed by atoms with Crippen molar-refractivity contribution in [2.45, 2.75) is 6.54 Å². The van der Waals surface area contributed by atoms with Crippen LogP contribution in [0.2, 0.25) is 0 Å². The number of aromatic amines is 1. The molecule has 0 unspecified atom stereocenters. The maximum atomic E-state index is 13.2. The lowest BCUT2D eigenvalue weighted by Crippen LogP contribution is -2.12. The molecule has 0 aliphatic heterocycles. The molecule has 25 heavy (non-hydrogen) atoms. The molecule has 0 aliphatic rings. The third kappa shape index (κ3) is 3.71. The van der Waals surface area contributed by atoms with Gasteiger partial charge in [0.1, 0.15) is 10.3 Å². The number of benzene rings is 1. The van der Waals surface area contributed by atoms with Gasteiger partial charge in [0.05, 0.1) is 18.4 Å². The summed E-state index contributed by atoms with van der Waals surface area (Å²) in [5.74, 6) is -1.39. The zero-order valence-corrected chi connectivity index (χ0v) is 14.0. The monoisotopic (exact) mass is 408 g/mol. The predicted octanol–water partition coefficient (Wildman–Crippen LogP) is 2.72. The highest BCUT2D eigenvalue weighted by atomic mass is 79.9. The molecular formula is C14H10BrFN6O3. The molecule has 2 N–H and O–H groups in total. The van der Waals surface area contributed by atoms with Crippen LogP contribution in [0.15, 0.2) is 41.1 Å². The number of carbonyl (C=O) groups excluding carboxylic acids is 1. The summed E-state index contributed by atoms with van der Waals surface area (Å²) >= 11 is 2.97. The summed E-state index contributed by atoms with van der Waals surface area (Å²) in [6, 6.07) is 6.08. The number of hydrogen-bond acceptors (Lipinski definition) is 5. The summed E-state index contributed by atoms with van der Waals surface area (Å²) < 4.78 is 14.7. The van der Waals surface area contributed by atoms with Crippen LogP contribution in [-0.4, -0.2) is 30.8 Å². The fourth-order valence-corrected chi connectivity index (χ4v) is 2.62. The maximum Gasteiger partial charge on any atom is 0.357 e. The Morgan fingerprint density at radius 1 is 1.48 bits per heavy atom. The van der Waals surface area contributed by atoms with Gasteiger partial charge >= 0.3 is 5.82 Å². The molecule has 0 radical (unpaired) electrons. The zero-order chi connectivity index (χ0) is 18.0. The molecule has 0 aliphatic carbocycles. The van der Waals surface area contributed by atoms with Gasteiger partial charge in [0.15, 0.2) is 5.69 Å². The number of halogens is 2. The van der Waals surface area contributed by atoms with Crippen molar-refractivity contribution in [2.75, 3.05) is 5.32 Å². The van der Waals surface area contributed by atoms with E-state index in [0.717, 1.165) is 0 Å². The molecule has 0 spiro atoms. The van der Waals surface area contributed by atoms with Crippen molar-refractivity contribution < 1.29 is 14.1 Å². The summed E-state index contributed by atoms with van der Waals surface area (Å²) in [5.41, 5.74) is 0.940. The van der Waals surface area contributed by atoms with Crippen LogP contribution in [0, 0.1) is 15.9 Å². The first-order chi connectivity index (χ1) is 11.9. The summed E-state index contributed by atoms with van der Waals surface area (Å²) in [4.78, 5) is 22.2. The quantitative estimate of drug-likeness (QED) is 0.496. The van der Waals surface area contributed by atoms with Gasteiger partial charge in [-0.15, -0.1) is 5.10 Å². The van der Waals surface area contributed by atoms with Crippen molar-refractivity contribution >= 4 is 33.3 Å². The van der Waals surface area contributed by atoms with Crippen molar-refractivity contribution in [1.29, 1.82) is 0 Å². The van der Waals surface area contributed by atoms with Gasteiger partial charge in [0.2, 0.25) is 0 Å². The first-order valence-electron chi connectivity index (χ1n) is 6.90. The van der Waals surface area contributed by atoms with Crippen molar-refractivity contribution in [3.05, 3.63) is 68.3 Å². The van der Waals surface area contributed by atoms with Crippen molar-refractivity contribution in [2.24, 2.45) is 0 Å². The Hall–Kier alpha value is -3.08. The second-order valence-electron chi connectivity index (χ2n) is 5.00. The number of anilines is 1. The minimum absolute atomic E-state index is 0.0397. The molecular weight excluding hydrogens is 399 g/mol. The Kier molecular flexibility index (Phi) is 4.57. The fraction of sp³-hybridized carbons (Fsp3) is 0.0714. The van der Waals surface area contributed by atoms with Crippen molar-refractivity contribution in [3.8, 4) is 0 Å². The average molecular weight is 409 g/mol. The number of aromatic nitrogens is 4. The minimum Gasteiger partial charge on any atom is -0.358 e. The lowest BCUT2D eigenvalue weighted by atomic mass is 10.2. The van der Waals surface area contributed by atoms with E-state index in [1.807, 2.05) is 0 Å². The van der Waals surface area contributed by atoms with Gasteiger partial charge in [-0.3, -0.25) is 9.48 Å². The van der Waals surface area contributed by atoms with Crippen LogP contribution >= 0.6 is 15.9 Å². The Bertz CT molecular complexity index is 954. The number of H-pyrrole nitrogens is 1. The van der Waals surface area contributed by atoms with E-state index in [-0.39, 0.29) is 16.0 Å². The molecule has 0 atom stereocenters. The summed E-state index contributed by atoms with van der Waals surface area (Å²) in [6.45, 7) is 0.325. The third-order valence-electron chi connectivity index (χ3n) is 3.21. The van der Waals surface area contributed by atoms with Gasteiger partial charge < -0.3 is 15.4 Å². The summed E-state index contributed by atoms with van der Waals surface area (Å²) in [5, 5.41) is 23.2. The van der Waals surface area contributed by atoms with Crippen LogP contribution in [0.25, 0.3) is 0 Å². The molecule has 2 aromatic heterocycles. The molecule has 0 saturated carbocycles. The molecule has 128 valence electrons. The number of carbonyl (C=O) groups is 1. The highest BCUT2D eigenvalue weighted by Crippen LogP contribution is 2.26. The zero-order valence-electron chi connectivity index (χ0n) is 12.4. The number of rotatable bonds is 5. The molecule has 9 nitrogen and oxygen atoms in total. The third-order valence-corrected chi connectivity index (χ3v) is 3.96. The van der Waals surface area contributed by atoms with Crippen molar-refractivity contribution in [3.63, 3.8) is 0 Å². The van der Waals surface area contributed by atoms with E-state index in [1.54, 1.807) is 18.3 Å². The number of nitro groups is 1. The highest BCUT2D eigenvalue weighted by molar-refractivity contribution is 9.10. The first kappa shape index (κ1) is 16.8. The van der Waals surface area contributed by atoms with Gasteiger partial charge in [-0.25, -0.2) is 4.39 Å². The molecule has 3 rings (SSSR count). The molecule has 11 heteroatoms. The van der Waals surface area contributed by atoms with Gasteiger partial charge in [-0.1, -0.05) is 17.2 Å². The smallest absolute Gasteiger partial charge is 0.357 e. The van der Waals surface area contributed by atoms with E-state index in [2.05, 4.69) is 36.5 Å². The van der Waals surface area contributed by atoms with Crippen LogP contribution in [0.3, 0.4) is 0 Å². The Morgan fingerprint density at radius 3 is 2.96 bits per heavy atom. The Balaban J connectivity index is 1.71. The average Bonchev–Trinajstić information content (AvgIpc) is 3.14.